The Hall–Kier alpha value is -3.07. The zero-order valence-electron chi connectivity index (χ0n) is 11.4. The number of hydrogen-bond acceptors (Lipinski definition) is 5. The number of aromatic nitrogens is 3. The van der Waals surface area contributed by atoms with E-state index in [-0.39, 0.29) is 11.7 Å². The molecule has 6 nitrogen and oxygen atoms in total. The molecule has 0 unspecified atom stereocenters. The fourth-order valence-corrected chi connectivity index (χ4v) is 2.11. The van der Waals surface area contributed by atoms with Crippen molar-refractivity contribution in [3.8, 4) is 23.3 Å². The van der Waals surface area contributed by atoms with E-state index in [0.29, 0.717) is 23.6 Å². The molecule has 6 heteroatoms. The van der Waals surface area contributed by atoms with Gasteiger partial charge in [0.1, 0.15) is 23.3 Å². The number of aromatic amines is 1. The van der Waals surface area contributed by atoms with Gasteiger partial charge >= 0.3 is 0 Å². The van der Waals surface area contributed by atoms with Crippen LogP contribution in [0.4, 0.5) is 5.82 Å². The summed E-state index contributed by atoms with van der Waals surface area (Å²) < 4.78 is 5.31. The van der Waals surface area contributed by atoms with Crippen LogP contribution in [0.5, 0.6) is 5.88 Å². The second-order valence-corrected chi connectivity index (χ2v) is 4.42. The molecule has 0 fully saturated rings. The maximum Gasteiger partial charge on any atom is 0.233 e. The van der Waals surface area contributed by atoms with Crippen LogP contribution in [0, 0.1) is 11.3 Å². The number of anilines is 1. The molecule has 0 atom stereocenters. The first-order valence-electron chi connectivity index (χ1n) is 6.51. The van der Waals surface area contributed by atoms with E-state index < -0.39 is 0 Å². The highest BCUT2D eigenvalue weighted by molar-refractivity contribution is 5.82. The van der Waals surface area contributed by atoms with Crippen molar-refractivity contribution in [3.63, 3.8) is 0 Å². The average Bonchev–Trinajstić information content (AvgIpc) is 2.91. The van der Waals surface area contributed by atoms with Gasteiger partial charge in [-0.2, -0.15) is 10.2 Å². The molecule has 0 saturated heterocycles. The van der Waals surface area contributed by atoms with Gasteiger partial charge in [-0.3, -0.25) is 0 Å². The zero-order valence-corrected chi connectivity index (χ0v) is 11.4. The Bertz CT molecular complexity index is 814. The fourth-order valence-electron chi connectivity index (χ4n) is 2.11. The summed E-state index contributed by atoms with van der Waals surface area (Å²) in [6.45, 7) is 2.25. The molecule has 0 spiro atoms. The number of nitrogens with one attached hydrogen (secondary N) is 1. The monoisotopic (exact) mass is 279 g/mol. The van der Waals surface area contributed by atoms with Crippen molar-refractivity contribution in [2.45, 2.75) is 6.92 Å². The Labute approximate surface area is 121 Å². The quantitative estimate of drug-likeness (QED) is 0.767. The zero-order chi connectivity index (χ0) is 14.8. The number of imidazole rings is 1. The number of ether oxygens (including phenoxy) is 1. The molecule has 3 rings (SSSR count). The van der Waals surface area contributed by atoms with Gasteiger partial charge in [-0.05, 0) is 25.1 Å². The van der Waals surface area contributed by atoms with Gasteiger partial charge in [0.15, 0.2) is 0 Å². The van der Waals surface area contributed by atoms with Crippen LogP contribution in [0.2, 0.25) is 0 Å². The van der Waals surface area contributed by atoms with E-state index in [4.69, 9.17) is 10.5 Å². The van der Waals surface area contributed by atoms with Crippen molar-refractivity contribution in [3.05, 3.63) is 35.9 Å². The molecule has 3 aromatic rings. The number of nitriles is 1. The van der Waals surface area contributed by atoms with Crippen LogP contribution in [0.1, 0.15) is 12.5 Å². The molecule has 3 N–H and O–H groups in total. The van der Waals surface area contributed by atoms with Crippen molar-refractivity contribution in [2.24, 2.45) is 0 Å². The first-order chi connectivity index (χ1) is 10.2. The number of para-hydroxylation sites is 2. The fraction of sp³-hybridized carbons (Fsp3) is 0.133. The largest absolute Gasteiger partial charge is 0.477 e. The standard InChI is InChI=1S/C15H13N5O/c1-2-21-15-9(8-16)7-10(13(17)20-15)14-18-11-5-3-4-6-12(11)19-14/h3-7H,2H2,1H3,(H2,17,20)(H,18,19). The van der Waals surface area contributed by atoms with Crippen LogP contribution in [0.25, 0.3) is 22.4 Å². The number of fused-ring (bicyclic) bond motifs is 1. The van der Waals surface area contributed by atoms with Crippen molar-refractivity contribution in [1.29, 1.82) is 5.26 Å². The minimum Gasteiger partial charge on any atom is -0.477 e. The number of nitrogens with zero attached hydrogens (tertiary/aromatic N) is 3. The van der Waals surface area contributed by atoms with Gasteiger partial charge in [0.05, 0.1) is 23.2 Å². The van der Waals surface area contributed by atoms with E-state index in [2.05, 4.69) is 21.0 Å². The summed E-state index contributed by atoms with van der Waals surface area (Å²) >= 11 is 0. The Morgan fingerprint density at radius 1 is 1.33 bits per heavy atom. The molecule has 2 aromatic heterocycles. The molecule has 0 aliphatic heterocycles. The van der Waals surface area contributed by atoms with Gasteiger partial charge in [-0.25, -0.2) is 4.98 Å². The minimum absolute atomic E-state index is 0.248. The first kappa shape index (κ1) is 12.9. The summed E-state index contributed by atoms with van der Waals surface area (Å²) in [5.74, 6) is 1.11. The number of hydrogen-bond donors (Lipinski definition) is 2. The number of benzene rings is 1. The summed E-state index contributed by atoms with van der Waals surface area (Å²) in [5, 5.41) is 9.21. The van der Waals surface area contributed by atoms with E-state index in [1.54, 1.807) is 6.07 Å². The molecule has 0 aliphatic rings. The highest BCUT2D eigenvalue weighted by atomic mass is 16.5. The van der Waals surface area contributed by atoms with Gasteiger partial charge in [-0.15, -0.1) is 0 Å². The Morgan fingerprint density at radius 2 is 2.14 bits per heavy atom. The molecule has 0 amide bonds. The third-order valence-corrected chi connectivity index (χ3v) is 3.06. The van der Waals surface area contributed by atoms with Crippen molar-refractivity contribution >= 4 is 16.9 Å². The molecule has 0 bridgehead atoms. The van der Waals surface area contributed by atoms with E-state index >= 15 is 0 Å². The maximum absolute atomic E-state index is 9.21. The number of nitrogen functional groups attached to an aromatic ring is 1. The summed E-state index contributed by atoms with van der Waals surface area (Å²) in [5.41, 5.74) is 8.63. The van der Waals surface area contributed by atoms with Crippen LogP contribution < -0.4 is 10.5 Å². The van der Waals surface area contributed by atoms with Gasteiger partial charge in [-0.1, -0.05) is 12.1 Å². The number of H-pyrrole nitrogens is 1. The molecular weight excluding hydrogens is 266 g/mol. The smallest absolute Gasteiger partial charge is 0.233 e. The van der Waals surface area contributed by atoms with Crippen LogP contribution in [0.15, 0.2) is 30.3 Å². The molecule has 104 valence electrons. The van der Waals surface area contributed by atoms with Crippen LogP contribution >= 0.6 is 0 Å². The highest BCUT2D eigenvalue weighted by Crippen LogP contribution is 2.29. The lowest BCUT2D eigenvalue weighted by atomic mass is 10.2. The molecule has 2 heterocycles. The Kier molecular flexibility index (Phi) is 3.16. The lowest BCUT2D eigenvalue weighted by Crippen LogP contribution is -2.03. The van der Waals surface area contributed by atoms with Gasteiger partial charge in [0.2, 0.25) is 5.88 Å². The highest BCUT2D eigenvalue weighted by Gasteiger charge is 2.15. The topological polar surface area (TPSA) is 101 Å². The van der Waals surface area contributed by atoms with Gasteiger partial charge < -0.3 is 15.5 Å². The van der Waals surface area contributed by atoms with Gasteiger partial charge in [0, 0.05) is 0 Å². The SMILES string of the molecule is CCOc1nc(N)c(-c2nc3ccccc3[nH]2)cc1C#N. The summed E-state index contributed by atoms with van der Waals surface area (Å²) in [7, 11) is 0. The maximum atomic E-state index is 9.21. The van der Waals surface area contributed by atoms with Crippen molar-refractivity contribution < 1.29 is 4.74 Å². The molecule has 21 heavy (non-hydrogen) atoms. The summed E-state index contributed by atoms with van der Waals surface area (Å²) in [6.07, 6.45) is 0. The molecular formula is C15H13N5O. The molecule has 0 aliphatic carbocycles. The molecule has 0 radical (unpaired) electrons. The van der Waals surface area contributed by atoms with Gasteiger partial charge in [0.25, 0.3) is 0 Å². The number of pyridine rings is 1. The number of rotatable bonds is 3. The average molecular weight is 279 g/mol. The van der Waals surface area contributed by atoms with Crippen LogP contribution in [-0.2, 0) is 0 Å². The second-order valence-electron chi connectivity index (χ2n) is 4.42. The van der Waals surface area contributed by atoms with Crippen molar-refractivity contribution in [2.75, 3.05) is 12.3 Å². The van der Waals surface area contributed by atoms with E-state index in [9.17, 15) is 5.26 Å². The third-order valence-electron chi connectivity index (χ3n) is 3.06. The van der Waals surface area contributed by atoms with Crippen LogP contribution in [0.3, 0.4) is 0 Å². The normalized spacial score (nSPS) is 10.5. The van der Waals surface area contributed by atoms with E-state index in [1.807, 2.05) is 31.2 Å². The second kappa shape index (κ2) is 5.13. The summed E-state index contributed by atoms with van der Waals surface area (Å²) in [6, 6.07) is 11.4. The van der Waals surface area contributed by atoms with Crippen molar-refractivity contribution in [1.82, 2.24) is 15.0 Å². The molecule has 0 saturated carbocycles. The molecule has 1 aromatic carbocycles. The lowest BCUT2D eigenvalue weighted by Gasteiger charge is -2.08. The minimum atomic E-state index is 0.248. The Morgan fingerprint density at radius 3 is 2.86 bits per heavy atom. The Balaban J connectivity index is 2.15. The number of nitrogens with two attached hydrogens (primary N) is 1. The van der Waals surface area contributed by atoms with Crippen LogP contribution in [-0.4, -0.2) is 21.6 Å². The summed E-state index contributed by atoms with van der Waals surface area (Å²) in [4.78, 5) is 11.8. The third kappa shape index (κ3) is 2.25. The predicted molar refractivity (Wildman–Crippen MR) is 79.6 cm³/mol. The lowest BCUT2D eigenvalue weighted by molar-refractivity contribution is 0.326. The van der Waals surface area contributed by atoms with E-state index in [0.717, 1.165) is 11.0 Å². The first-order valence-corrected chi connectivity index (χ1v) is 6.51. The predicted octanol–water partition coefficient (Wildman–Crippen LogP) is 2.48. The van der Waals surface area contributed by atoms with E-state index in [1.165, 1.54) is 0 Å².